The second kappa shape index (κ2) is 8.43. The number of amides is 2. The van der Waals surface area contributed by atoms with Crippen LogP contribution in [0.4, 0.5) is 0 Å². The Morgan fingerprint density at radius 3 is 2.54 bits per heavy atom. The van der Waals surface area contributed by atoms with Crippen molar-refractivity contribution in [3.8, 4) is 0 Å². The van der Waals surface area contributed by atoms with Gasteiger partial charge in [-0.2, -0.15) is 0 Å². The average Bonchev–Trinajstić information content (AvgIpc) is 3.16. The lowest BCUT2D eigenvalue weighted by Gasteiger charge is -2.14. The summed E-state index contributed by atoms with van der Waals surface area (Å²) in [6.07, 6.45) is 2.21. The van der Waals surface area contributed by atoms with E-state index in [0.29, 0.717) is 30.2 Å². The molecular weight excluding hydrogens is 423 g/mol. The molecule has 2 aliphatic rings. The standard InChI is InChI=1S/C16H20N4O3.HI/c17-16(19-10-11-4-3-9-23-11)18-7-8-20-14(21)12-5-1-2-6-13(12)15(20)22;/h1-2,5-6,11H,3-4,7-10H2,(H3,17,18,19);1H. The van der Waals surface area contributed by atoms with E-state index in [1.807, 2.05) is 0 Å². The third kappa shape index (κ3) is 4.04. The Morgan fingerprint density at radius 2 is 1.96 bits per heavy atom. The van der Waals surface area contributed by atoms with Crippen LogP contribution in [0.15, 0.2) is 29.3 Å². The van der Waals surface area contributed by atoms with E-state index in [2.05, 4.69) is 10.3 Å². The van der Waals surface area contributed by atoms with Gasteiger partial charge in [-0.15, -0.1) is 24.0 Å². The molecule has 7 nitrogen and oxygen atoms in total. The Labute approximate surface area is 157 Å². The van der Waals surface area contributed by atoms with Gasteiger partial charge in [-0.05, 0) is 25.0 Å². The van der Waals surface area contributed by atoms with Gasteiger partial charge >= 0.3 is 0 Å². The molecule has 0 spiro atoms. The van der Waals surface area contributed by atoms with Crippen LogP contribution in [-0.4, -0.2) is 55.0 Å². The highest BCUT2D eigenvalue weighted by atomic mass is 127. The molecule has 2 aliphatic heterocycles. The normalized spacial score (nSPS) is 20.1. The van der Waals surface area contributed by atoms with Crippen molar-refractivity contribution in [3.63, 3.8) is 0 Å². The van der Waals surface area contributed by atoms with Crippen LogP contribution in [0.1, 0.15) is 33.6 Å². The molecule has 0 radical (unpaired) electrons. The van der Waals surface area contributed by atoms with Crippen LogP contribution in [-0.2, 0) is 4.74 Å². The van der Waals surface area contributed by atoms with Crippen molar-refractivity contribution >= 4 is 41.8 Å². The predicted octanol–water partition coefficient (Wildman–Crippen LogP) is 0.984. The molecule has 24 heavy (non-hydrogen) atoms. The Hall–Kier alpha value is -1.68. The molecule has 3 N–H and O–H groups in total. The Morgan fingerprint density at radius 1 is 1.29 bits per heavy atom. The second-order valence-electron chi connectivity index (χ2n) is 5.60. The van der Waals surface area contributed by atoms with Crippen molar-refractivity contribution in [1.29, 1.82) is 0 Å². The number of ether oxygens (including phenoxy) is 1. The molecule has 1 unspecified atom stereocenters. The number of aliphatic imine (C=N–C) groups is 1. The number of nitrogens with two attached hydrogens (primary N) is 1. The lowest BCUT2D eigenvalue weighted by Crippen LogP contribution is -2.41. The fraction of sp³-hybridized carbons (Fsp3) is 0.438. The average molecular weight is 444 g/mol. The Kier molecular flexibility index (Phi) is 6.55. The van der Waals surface area contributed by atoms with E-state index in [0.717, 1.165) is 19.4 Å². The first kappa shape index (κ1) is 18.7. The molecule has 1 aromatic rings. The molecule has 8 heteroatoms. The van der Waals surface area contributed by atoms with E-state index in [-0.39, 0.29) is 48.4 Å². The third-order valence-electron chi connectivity index (χ3n) is 4.01. The molecule has 0 saturated carbocycles. The first-order valence-corrected chi connectivity index (χ1v) is 7.77. The number of fused-ring (bicyclic) bond motifs is 1. The van der Waals surface area contributed by atoms with Crippen molar-refractivity contribution in [3.05, 3.63) is 35.4 Å². The third-order valence-corrected chi connectivity index (χ3v) is 4.01. The van der Waals surface area contributed by atoms with Crippen molar-refractivity contribution in [2.24, 2.45) is 10.7 Å². The highest BCUT2D eigenvalue weighted by Gasteiger charge is 2.34. The quantitative estimate of drug-likeness (QED) is 0.306. The Bertz CT molecular complexity index is 609. The molecule has 0 aliphatic carbocycles. The summed E-state index contributed by atoms with van der Waals surface area (Å²) in [6.45, 7) is 1.94. The first-order valence-electron chi connectivity index (χ1n) is 7.77. The number of nitrogens with zero attached hydrogens (tertiary/aromatic N) is 2. The molecule has 2 heterocycles. The summed E-state index contributed by atoms with van der Waals surface area (Å²) < 4.78 is 5.47. The van der Waals surface area contributed by atoms with Crippen LogP contribution in [0, 0.1) is 0 Å². The van der Waals surface area contributed by atoms with Gasteiger partial charge in [0.05, 0.1) is 23.8 Å². The zero-order valence-corrected chi connectivity index (χ0v) is 15.6. The molecule has 130 valence electrons. The maximum atomic E-state index is 12.2. The van der Waals surface area contributed by atoms with E-state index in [4.69, 9.17) is 10.5 Å². The maximum Gasteiger partial charge on any atom is 0.261 e. The number of hydrogen-bond acceptors (Lipinski definition) is 4. The molecule has 1 fully saturated rings. The van der Waals surface area contributed by atoms with Gasteiger partial charge in [-0.25, -0.2) is 0 Å². The van der Waals surface area contributed by atoms with Gasteiger partial charge in [0.25, 0.3) is 11.8 Å². The van der Waals surface area contributed by atoms with Crippen LogP contribution in [0.25, 0.3) is 0 Å². The zero-order valence-electron chi connectivity index (χ0n) is 13.2. The molecule has 2 amide bonds. The van der Waals surface area contributed by atoms with Crippen LogP contribution in [0.5, 0.6) is 0 Å². The van der Waals surface area contributed by atoms with E-state index in [1.165, 1.54) is 4.90 Å². The number of carbonyl (C=O) groups is 2. The number of carbonyl (C=O) groups excluding carboxylic acids is 2. The lowest BCUT2D eigenvalue weighted by molar-refractivity contribution is 0.0657. The summed E-state index contributed by atoms with van der Waals surface area (Å²) >= 11 is 0. The summed E-state index contributed by atoms with van der Waals surface area (Å²) in [7, 11) is 0. The van der Waals surface area contributed by atoms with Crippen LogP contribution in [0.3, 0.4) is 0 Å². The number of rotatable bonds is 5. The number of imide groups is 1. The van der Waals surface area contributed by atoms with Crippen molar-refractivity contribution in [2.75, 3.05) is 26.2 Å². The van der Waals surface area contributed by atoms with Crippen molar-refractivity contribution in [1.82, 2.24) is 10.2 Å². The maximum absolute atomic E-state index is 12.2. The van der Waals surface area contributed by atoms with E-state index in [1.54, 1.807) is 24.3 Å². The number of hydrogen-bond donors (Lipinski definition) is 2. The number of guanidine groups is 1. The number of halogens is 1. The number of benzene rings is 1. The summed E-state index contributed by atoms with van der Waals surface area (Å²) in [5, 5.41) is 2.93. The van der Waals surface area contributed by atoms with Crippen molar-refractivity contribution in [2.45, 2.75) is 18.9 Å². The molecule has 1 aromatic carbocycles. The molecule has 0 bridgehead atoms. The fourth-order valence-electron chi connectivity index (χ4n) is 2.78. The van der Waals surface area contributed by atoms with E-state index in [9.17, 15) is 9.59 Å². The molecule has 3 rings (SSSR count). The Balaban J connectivity index is 0.00000208. The summed E-state index contributed by atoms with van der Waals surface area (Å²) in [5.74, 6) is -0.221. The predicted molar refractivity (Wildman–Crippen MR) is 101 cm³/mol. The van der Waals surface area contributed by atoms with Gasteiger partial charge in [0.15, 0.2) is 5.96 Å². The molecule has 1 saturated heterocycles. The summed E-state index contributed by atoms with van der Waals surface area (Å²) in [5.41, 5.74) is 6.70. The van der Waals surface area contributed by atoms with Gasteiger partial charge < -0.3 is 15.8 Å². The minimum atomic E-state index is -0.262. The highest BCUT2D eigenvalue weighted by Crippen LogP contribution is 2.21. The molecular formula is C16H21IN4O3. The second-order valence-corrected chi connectivity index (χ2v) is 5.60. The SMILES string of the molecule is I.NC(=NCC1CCCO1)NCCN1C(=O)c2ccccc2C1=O. The molecule has 0 aromatic heterocycles. The topological polar surface area (TPSA) is 97.0 Å². The van der Waals surface area contributed by atoms with Crippen LogP contribution in [0.2, 0.25) is 0 Å². The van der Waals surface area contributed by atoms with E-state index >= 15 is 0 Å². The van der Waals surface area contributed by atoms with Crippen LogP contribution < -0.4 is 11.1 Å². The zero-order chi connectivity index (χ0) is 16.2. The monoisotopic (exact) mass is 444 g/mol. The van der Waals surface area contributed by atoms with E-state index < -0.39 is 0 Å². The van der Waals surface area contributed by atoms with Gasteiger partial charge in [0.2, 0.25) is 0 Å². The first-order chi connectivity index (χ1) is 11.2. The minimum Gasteiger partial charge on any atom is -0.376 e. The van der Waals surface area contributed by atoms with Gasteiger partial charge in [0, 0.05) is 19.7 Å². The minimum absolute atomic E-state index is 0. The van der Waals surface area contributed by atoms with Crippen LogP contribution >= 0.6 is 24.0 Å². The van der Waals surface area contributed by atoms with Gasteiger partial charge in [-0.1, -0.05) is 12.1 Å². The smallest absolute Gasteiger partial charge is 0.261 e. The summed E-state index contributed by atoms with van der Waals surface area (Å²) in [6, 6.07) is 6.84. The highest BCUT2D eigenvalue weighted by molar-refractivity contribution is 14.0. The van der Waals surface area contributed by atoms with Crippen molar-refractivity contribution < 1.29 is 14.3 Å². The molecule has 1 atom stereocenters. The van der Waals surface area contributed by atoms with Gasteiger partial charge in [-0.3, -0.25) is 19.5 Å². The largest absolute Gasteiger partial charge is 0.376 e. The van der Waals surface area contributed by atoms with Gasteiger partial charge in [0.1, 0.15) is 0 Å². The fourth-order valence-corrected chi connectivity index (χ4v) is 2.78. The number of nitrogens with one attached hydrogen (secondary N) is 1. The lowest BCUT2D eigenvalue weighted by atomic mass is 10.1. The summed E-state index contributed by atoms with van der Waals surface area (Å²) in [4.78, 5) is 29.8.